The van der Waals surface area contributed by atoms with Gasteiger partial charge in [0.25, 0.3) is 0 Å². The summed E-state index contributed by atoms with van der Waals surface area (Å²) in [5.41, 5.74) is 1.84. The van der Waals surface area contributed by atoms with Gasteiger partial charge in [0.05, 0.1) is 0 Å². The van der Waals surface area contributed by atoms with E-state index in [0.29, 0.717) is 5.57 Å². The summed E-state index contributed by atoms with van der Waals surface area (Å²) in [6, 6.07) is 0. The molecule has 2 nitrogen and oxygen atoms in total. The molecule has 0 aliphatic carbocycles. The molecule has 100 valence electrons. The van der Waals surface area contributed by atoms with Crippen molar-refractivity contribution in [2.24, 2.45) is 5.41 Å². The first-order valence-corrected chi connectivity index (χ1v) is 6.70. The number of carboxylic acids is 1. The minimum Gasteiger partial charge on any atom is -0.478 e. The number of hydrogen-bond donors (Lipinski definition) is 1. The molecule has 0 saturated heterocycles. The van der Waals surface area contributed by atoms with Crippen LogP contribution in [0, 0.1) is 5.41 Å². The van der Waals surface area contributed by atoms with Crippen molar-refractivity contribution < 1.29 is 9.90 Å². The van der Waals surface area contributed by atoms with Crippen LogP contribution in [0.4, 0.5) is 0 Å². The zero-order valence-corrected chi connectivity index (χ0v) is 12.1. The Morgan fingerprint density at radius 2 is 1.71 bits per heavy atom. The van der Waals surface area contributed by atoms with Crippen molar-refractivity contribution in [1.29, 1.82) is 0 Å². The monoisotopic (exact) mass is 240 g/mol. The van der Waals surface area contributed by atoms with Crippen LogP contribution in [0.25, 0.3) is 0 Å². The van der Waals surface area contributed by atoms with Gasteiger partial charge < -0.3 is 5.11 Å². The van der Waals surface area contributed by atoms with Crippen molar-refractivity contribution in [1.82, 2.24) is 0 Å². The molecule has 0 radical (unpaired) electrons. The molecule has 0 amide bonds. The van der Waals surface area contributed by atoms with Crippen molar-refractivity contribution in [2.75, 3.05) is 0 Å². The minimum absolute atomic E-state index is 0.163. The van der Waals surface area contributed by atoms with Crippen LogP contribution in [-0.2, 0) is 4.79 Å². The van der Waals surface area contributed by atoms with E-state index in [4.69, 9.17) is 5.11 Å². The molecule has 0 unspecified atom stereocenters. The van der Waals surface area contributed by atoms with Crippen LogP contribution >= 0.6 is 0 Å². The highest BCUT2D eigenvalue weighted by Crippen LogP contribution is 2.29. The number of carboxylic acid groups (broad SMARTS) is 1. The predicted octanol–water partition coefficient (Wildman–Crippen LogP) is 4.79. The summed E-state index contributed by atoms with van der Waals surface area (Å²) in [5.74, 6) is -0.764. The van der Waals surface area contributed by atoms with E-state index in [-0.39, 0.29) is 5.41 Å². The molecule has 0 spiro atoms. The van der Waals surface area contributed by atoms with Gasteiger partial charge in [-0.2, -0.15) is 0 Å². The SMILES string of the molecule is CCCCCCC(CC(C)(C)C)=C(C)C(=O)O. The van der Waals surface area contributed by atoms with Crippen LogP contribution in [0.1, 0.15) is 73.1 Å². The summed E-state index contributed by atoms with van der Waals surface area (Å²) in [4.78, 5) is 11.1. The standard InChI is InChI=1S/C15H28O2/c1-6-7-8-9-10-13(11-15(3,4)5)12(2)14(16)17/h6-11H2,1-5H3,(H,16,17). The summed E-state index contributed by atoms with van der Waals surface area (Å²) in [5, 5.41) is 9.09. The largest absolute Gasteiger partial charge is 0.478 e. The number of unbranched alkanes of at least 4 members (excludes halogenated alkanes) is 3. The Balaban J connectivity index is 4.53. The average Bonchev–Trinajstić information content (AvgIpc) is 2.19. The lowest BCUT2D eigenvalue weighted by Crippen LogP contribution is -2.10. The second kappa shape index (κ2) is 7.52. The summed E-state index contributed by atoms with van der Waals surface area (Å²) in [6.45, 7) is 10.4. The third-order valence-electron chi connectivity index (χ3n) is 2.93. The molecule has 0 fully saturated rings. The maximum atomic E-state index is 11.1. The van der Waals surface area contributed by atoms with Crippen LogP contribution in [-0.4, -0.2) is 11.1 Å². The number of rotatable bonds is 7. The fraction of sp³-hybridized carbons (Fsp3) is 0.800. The smallest absolute Gasteiger partial charge is 0.331 e. The van der Waals surface area contributed by atoms with E-state index in [2.05, 4.69) is 27.7 Å². The molecular formula is C15H28O2. The van der Waals surface area contributed by atoms with E-state index in [9.17, 15) is 4.79 Å². The molecule has 0 aromatic rings. The second-order valence-electron chi connectivity index (χ2n) is 6.08. The summed E-state index contributed by atoms with van der Waals surface area (Å²) in [7, 11) is 0. The van der Waals surface area contributed by atoms with Crippen molar-refractivity contribution in [2.45, 2.75) is 73.1 Å². The maximum absolute atomic E-state index is 11.1. The van der Waals surface area contributed by atoms with E-state index in [1.165, 1.54) is 19.3 Å². The molecule has 0 heterocycles. The molecule has 0 aliphatic rings. The van der Waals surface area contributed by atoms with E-state index in [0.717, 1.165) is 24.8 Å². The molecule has 0 bridgehead atoms. The Morgan fingerprint density at radius 1 is 1.12 bits per heavy atom. The molecular weight excluding hydrogens is 212 g/mol. The molecule has 0 aliphatic heterocycles. The van der Waals surface area contributed by atoms with Crippen molar-refractivity contribution >= 4 is 5.97 Å². The Bertz CT molecular complexity index is 269. The topological polar surface area (TPSA) is 37.3 Å². The Labute approximate surface area is 106 Å². The average molecular weight is 240 g/mol. The Hall–Kier alpha value is -0.790. The highest BCUT2D eigenvalue weighted by atomic mass is 16.4. The highest BCUT2D eigenvalue weighted by molar-refractivity contribution is 5.86. The zero-order valence-electron chi connectivity index (χ0n) is 12.1. The summed E-state index contributed by atoms with van der Waals surface area (Å²) >= 11 is 0. The van der Waals surface area contributed by atoms with Crippen LogP contribution < -0.4 is 0 Å². The molecule has 0 rings (SSSR count). The summed E-state index contributed by atoms with van der Waals surface area (Å²) in [6.07, 6.45) is 6.61. The number of aliphatic carboxylic acids is 1. The van der Waals surface area contributed by atoms with Crippen LogP contribution in [0.3, 0.4) is 0 Å². The molecule has 0 aromatic carbocycles. The first-order valence-electron chi connectivity index (χ1n) is 6.70. The molecule has 2 heteroatoms. The van der Waals surface area contributed by atoms with Crippen molar-refractivity contribution in [3.05, 3.63) is 11.1 Å². The fourth-order valence-electron chi connectivity index (χ4n) is 1.97. The first kappa shape index (κ1) is 16.2. The quantitative estimate of drug-likeness (QED) is 0.513. The van der Waals surface area contributed by atoms with Gasteiger partial charge in [-0.15, -0.1) is 0 Å². The van der Waals surface area contributed by atoms with Gasteiger partial charge in [-0.1, -0.05) is 52.5 Å². The van der Waals surface area contributed by atoms with Gasteiger partial charge in [0.2, 0.25) is 0 Å². The predicted molar refractivity (Wildman–Crippen MR) is 73.2 cm³/mol. The maximum Gasteiger partial charge on any atom is 0.331 e. The van der Waals surface area contributed by atoms with Gasteiger partial charge in [-0.25, -0.2) is 4.79 Å². The molecule has 17 heavy (non-hydrogen) atoms. The minimum atomic E-state index is -0.764. The third kappa shape index (κ3) is 8.00. The number of allylic oxidation sites excluding steroid dienone is 1. The molecule has 1 N–H and O–H groups in total. The van der Waals surface area contributed by atoms with E-state index < -0.39 is 5.97 Å². The lowest BCUT2D eigenvalue weighted by molar-refractivity contribution is -0.132. The van der Waals surface area contributed by atoms with Gasteiger partial charge >= 0.3 is 5.97 Å². The Morgan fingerprint density at radius 3 is 2.12 bits per heavy atom. The van der Waals surface area contributed by atoms with E-state index in [1.54, 1.807) is 6.92 Å². The molecule has 0 atom stereocenters. The number of hydrogen-bond acceptors (Lipinski definition) is 1. The summed E-state index contributed by atoms with van der Waals surface area (Å²) < 4.78 is 0. The molecule has 0 aromatic heterocycles. The second-order valence-corrected chi connectivity index (χ2v) is 6.08. The Kier molecular flexibility index (Phi) is 7.17. The van der Waals surface area contributed by atoms with Crippen LogP contribution in [0.5, 0.6) is 0 Å². The highest BCUT2D eigenvalue weighted by Gasteiger charge is 2.17. The van der Waals surface area contributed by atoms with Gasteiger partial charge in [0.15, 0.2) is 0 Å². The van der Waals surface area contributed by atoms with Gasteiger partial charge in [-0.05, 0) is 31.6 Å². The van der Waals surface area contributed by atoms with E-state index >= 15 is 0 Å². The zero-order chi connectivity index (χ0) is 13.5. The van der Waals surface area contributed by atoms with Gasteiger partial charge in [0.1, 0.15) is 0 Å². The molecule has 0 saturated carbocycles. The van der Waals surface area contributed by atoms with E-state index in [1.807, 2.05) is 0 Å². The van der Waals surface area contributed by atoms with Gasteiger partial charge in [0, 0.05) is 5.57 Å². The third-order valence-corrected chi connectivity index (χ3v) is 2.93. The first-order chi connectivity index (χ1) is 7.78. The van der Waals surface area contributed by atoms with Crippen molar-refractivity contribution in [3.63, 3.8) is 0 Å². The fourth-order valence-corrected chi connectivity index (χ4v) is 1.97. The number of carbonyl (C=O) groups is 1. The van der Waals surface area contributed by atoms with Gasteiger partial charge in [-0.3, -0.25) is 0 Å². The van der Waals surface area contributed by atoms with Crippen molar-refractivity contribution in [3.8, 4) is 0 Å². The van der Waals surface area contributed by atoms with Crippen LogP contribution in [0.15, 0.2) is 11.1 Å². The normalized spacial score (nSPS) is 13.5. The van der Waals surface area contributed by atoms with Crippen LogP contribution in [0.2, 0.25) is 0 Å². The lowest BCUT2D eigenvalue weighted by Gasteiger charge is -2.21. The lowest BCUT2D eigenvalue weighted by atomic mass is 9.84.